The quantitative estimate of drug-likeness (QED) is 0.155. The van der Waals surface area contributed by atoms with Crippen molar-refractivity contribution in [2.75, 3.05) is 0 Å². The van der Waals surface area contributed by atoms with Crippen molar-refractivity contribution in [2.45, 2.75) is 0 Å². The lowest BCUT2D eigenvalue weighted by Gasteiger charge is -2.10. The van der Waals surface area contributed by atoms with E-state index in [1.807, 2.05) is 48.5 Å². The summed E-state index contributed by atoms with van der Waals surface area (Å²) in [5, 5.41) is 3.56. The molecule has 0 unspecified atom stereocenters. The molecule has 0 fully saturated rings. The summed E-state index contributed by atoms with van der Waals surface area (Å²) < 4.78 is 65.0. The standard InChI is InChI=1S/C26H10F4S4/c27-21-19(17-9-13-11-5-1-3-7-15(11)31-25(13)33-17)22(28)24(30)20(23(21)29)18-10-14-12-6-2-4-8-16(12)32-26(14)34-18/h1-10H. The van der Waals surface area contributed by atoms with Gasteiger partial charge in [0, 0.05) is 40.7 Å². The van der Waals surface area contributed by atoms with Gasteiger partial charge in [-0.1, -0.05) is 36.4 Å². The molecule has 0 bridgehead atoms. The molecule has 0 aliphatic rings. The van der Waals surface area contributed by atoms with Gasteiger partial charge in [-0.25, -0.2) is 17.6 Å². The van der Waals surface area contributed by atoms with E-state index in [2.05, 4.69) is 0 Å². The minimum absolute atomic E-state index is 0.171. The first-order chi connectivity index (χ1) is 16.5. The van der Waals surface area contributed by atoms with Gasteiger partial charge in [-0.3, -0.25) is 0 Å². The second kappa shape index (κ2) is 7.36. The van der Waals surface area contributed by atoms with Crippen LogP contribution in [0, 0.1) is 23.3 Å². The van der Waals surface area contributed by atoms with E-state index in [1.54, 1.807) is 12.1 Å². The molecule has 7 rings (SSSR count). The fraction of sp³-hybridized carbons (Fsp3) is 0. The van der Waals surface area contributed by atoms with Crippen molar-refractivity contribution >= 4 is 84.3 Å². The van der Waals surface area contributed by atoms with Crippen molar-refractivity contribution in [3.05, 3.63) is 83.9 Å². The van der Waals surface area contributed by atoms with Gasteiger partial charge in [-0.05, 0) is 24.3 Å². The Morgan fingerprint density at radius 3 is 1.24 bits per heavy atom. The van der Waals surface area contributed by atoms with Crippen LogP contribution in [0.2, 0.25) is 0 Å². The average molecular weight is 527 g/mol. The van der Waals surface area contributed by atoms with E-state index in [0.29, 0.717) is 0 Å². The molecule has 0 amide bonds. The summed E-state index contributed by atoms with van der Waals surface area (Å²) >= 11 is 5.26. The van der Waals surface area contributed by atoms with E-state index in [1.165, 1.54) is 22.7 Å². The van der Waals surface area contributed by atoms with Gasteiger partial charge in [0.1, 0.15) is 0 Å². The van der Waals surface area contributed by atoms with Gasteiger partial charge in [0.15, 0.2) is 23.3 Å². The van der Waals surface area contributed by atoms with Crippen molar-refractivity contribution in [1.82, 2.24) is 0 Å². The summed E-state index contributed by atoms with van der Waals surface area (Å²) in [7, 11) is 0. The number of fused-ring (bicyclic) bond motifs is 6. The molecule has 0 saturated heterocycles. The number of benzene rings is 3. The van der Waals surface area contributed by atoms with E-state index in [-0.39, 0.29) is 9.75 Å². The van der Waals surface area contributed by atoms with Crippen molar-refractivity contribution in [3.8, 4) is 20.9 Å². The second-order valence-corrected chi connectivity index (χ2v) is 12.6. The largest absolute Gasteiger partial charge is 0.203 e. The van der Waals surface area contributed by atoms with Gasteiger partial charge >= 0.3 is 0 Å². The van der Waals surface area contributed by atoms with Crippen LogP contribution in [0.4, 0.5) is 17.6 Å². The number of halogens is 4. The minimum atomic E-state index is -1.37. The van der Waals surface area contributed by atoms with Crippen molar-refractivity contribution in [2.24, 2.45) is 0 Å². The number of rotatable bonds is 2. The van der Waals surface area contributed by atoms with Crippen LogP contribution in [0.1, 0.15) is 0 Å². The minimum Gasteiger partial charge on any atom is -0.203 e. The van der Waals surface area contributed by atoms with Crippen LogP contribution >= 0.6 is 45.3 Å². The molecular formula is C26H10F4S4. The Kier molecular flexibility index (Phi) is 4.45. The topological polar surface area (TPSA) is 0 Å². The van der Waals surface area contributed by atoms with Crippen LogP contribution < -0.4 is 0 Å². The van der Waals surface area contributed by atoms with Gasteiger partial charge in [0.25, 0.3) is 0 Å². The molecule has 0 N–H and O–H groups in total. The third kappa shape index (κ3) is 2.80. The van der Waals surface area contributed by atoms with Crippen LogP contribution in [0.25, 0.3) is 59.9 Å². The normalized spacial score (nSPS) is 12.1. The molecule has 4 aromatic heterocycles. The van der Waals surface area contributed by atoms with Crippen molar-refractivity contribution in [1.29, 1.82) is 0 Å². The highest BCUT2D eigenvalue weighted by molar-refractivity contribution is 7.43. The van der Waals surface area contributed by atoms with E-state index in [4.69, 9.17) is 0 Å². The maximum absolute atomic E-state index is 15.3. The Bertz CT molecular complexity index is 1750. The molecule has 0 atom stereocenters. The second-order valence-electron chi connectivity index (χ2n) is 7.83. The summed E-state index contributed by atoms with van der Waals surface area (Å²) in [6, 6.07) is 18.6. The van der Waals surface area contributed by atoms with Crippen LogP contribution in [-0.2, 0) is 0 Å². The van der Waals surface area contributed by atoms with Crippen LogP contribution in [0.5, 0.6) is 0 Å². The Balaban J connectivity index is 1.43. The first-order valence-corrected chi connectivity index (χ1v) is 13.5. The number of hydrogen-bond acceptors (Lipinski definition) is 4. The Morgan fingerprint density at radius 1 is 0.441 bits per heavy atom. The SMILES string of the molecule is Fc1c(F)c(-c2cc3c(s2)sc2ccccc23)c(F)c(F)c1-c1cc2c(s1)sc1ccccc12. The summed E-state index contributed by atoms with van der Waals surface area (Å²) in [6.07, 6.45) is 0. The lowest BCUT2D eigenvalue weighted by molar-refractivity contribution is 0.463. The first kappa shape index (κ1) is 20.6. The fourth-order valence-electron chi connectivity index (χ4n) is 4.34. The maximum atomic E-state index is 15.3. The molecule has 0 saturated carbocycles. The zero-order chi connectivity index (χ0) is 23.1. The van der Waals surface area contributed by atoms with Crippen LogP contribution in [0.3, 0.4) is 0 Å². The summed E-state index contributed by atoms with van der Waals surface area (Å²) in [5.74, 6) is -5.47. The third-order valence-corrected chi connectivity index (χ3v) is 10.8. The molecule has 166 valence electrons. The Hall–Kier alpha value is -2.78. The highest BCUT2D eigenvalue weighted by Gasteiger charge is 2.29. The van der Waals surface area contributed by atoms with Gasteiger partial charge in [0.2, 0.25) is 0 Å². The molecule has 0 spiro atoms. The average Bonchev–Trinajstić information content (AvgIpc) is 3.57. The summed E-state index contributed by atoms with van der Waals surface area (Å²) in [5.41, 5.74) is -1.31. The fourth-order valence-corrected chi connectivity index (χ4v) is 9.45. The van der Waals surface area contributed by atoms with E-state index in [0.717, 1.165) is 61.6 Å². The maximum Gasteiger partial charge on any atom is 0.171 e. The van der Waals surface area contributed by atoms with Gasteiger partial charge in [-0.2, -0.15) is 0 Å². The molecule has 4 heterocycles. The van der Waals surface area contributed by atoms with E-state index in [9.17, 15) is 0 Å². The predicted octanol–water partition coefficient (Wildman–Crippen LogP) is 10.4. The number of hydrogen-bond donors (Lipinski definition) is 0. The van der Waals surface area contributed by atoms with E-state index >= 15 is 17.6 Å². The number of thiophene rings is 4. The van der Waals surface area contributed by atoms with Crippen LogP contribution in [0.15, 0.2) is 60.7 Å². The third-order valence-electron chi connectivity index (χ3n) is 5.91. The molecular weight excluding hydrogens is 517 g/mol. The molecule has 0 radical (unpaired) electrons. The smallest absolute Gasteiger partial charge is 0.171 e. The molecule has 34 heavy (non-hydrogen) atoms. The van der Waals surface area contributed by atoms with Gasteiger partial charge < -0.3 is 0 Å². The predicted molar refractivity (Wildman–Crippen MR) is 139 cm³/mol. The van der Waals surface area contributed by atoms with Gasteiger partial charge in [-0.15, -0.1) is 45.3 Å². The van der Waals surface area contributed by atoms with Gasteiger partial charge in [0.05, 0.1) is 19.2 Å². The van der Waals surface area contributed by atoms with Crippen molar-refractivity contribution in [3.63, 3.8) is 0 Å². The summed E-state index contributed by atoms with van der Waals surface area (Å²) in [6.45, 7) is 0. The lowest BCUT2D eigenvalue weighted by atomic mass is 10.0. The zero-order valence-electron chi connectivity index (χ0n) is 16.9. The van der Waals surface area contributed by atoms with E-state index < -0.39 is 34.4 Å². The highest BCUT2D eigenvalue weighted by atomic mass is 32.2. The molecule has 0 nitrogen and oxygen atoms in total. The van der Waals surface area contributed by atoms with Crippen molar-refractivity contribution < 1.29 is 17.6 Å². The Labute approximate surface area is 205 Å². The lowest BCUT2D eigenvalue weighted by Crippen LogP contribution is -2.02. The monoisotopic (exact) mass is 526 g/mol. The highest BCUT2D eigenvalue weighted by Crippen LogP contribution is 2.48. The first-order valence-electron chi connectivity index (χ1n) is 10.2. The molecule has 0 aliphatic heterocycles. The molecule has 3 aromatic carbocycles. The molecule has 7 aromatic rings. The molecule has 0 aliphatic carbocycles. The summed E-state index contributed by atoms with van der Waals surface area (Å²) in [4.78, 5) is 0.342. The molecule has 8 heteroatoms. The van der Waals surface area contributed by atoms with Crippen LogP contribution in [-0.4, -0.2) is 0 Å². The Morgan fingerprint density at radius 2 is 0.824 bits per heavy atom. The zero-order valence-corrected chi connectivity index (χ0v) is 20.2.